The molecule has 61 heavy (non-hydrogen) atoms. The van der Waals surface area contributed by atoms with Gasteiger partial charge in [-0.15, -0.1) is 0 Å². The van der Waals surface area contributed by atoms with Crippen LogP contribution in [0.5, 0.6) is 23.0 Å². The Kier molecular flexibility index (Phi) is 8.50. The first-order valence-electron chi connectivity index (χ1n) is 20.7. The van der Waals surface area contributed by atoms with Gasteiger partial charge in [-0.3, -0.25) is 0 Å². The van der Waals surface area contributed by atoms with Crippen LogP contribution in [0.4, 0.5) is 0 Å². The highest BCUT2D eigenvalue weighted by atomic mass is 16.5. The minimum absolute atomic E-state index is 0.0191. The van der Waals surface area contributed by atoms with Crippen molar-refractivity contribution in [2.45, 2.75) is 70.9 Å². The summed E-state index contributed by atoms with van der Waals surface area (Å²) in [7, 11) is 0. The maximum atomic E-state index is 12.8. The van der Waals surface area contributed by atoms with Crippen LogP contribution in [0.3, 0.4) is 0 Å². The summed E-state index contributed by atoms with van der Waals surface area (Å²) in [6.45, 7) is 7.25. The Morgan fingerprint density at radius 1 is 0.475 bits per heavy atom. The van der Waals surface area contributed by atoms with Gasteiger partial charge in [0.05, 0.1) is 5.56 Å². The van der Waals surface area contributed by atoms with Crippen LogP contribution < -0.4 is 18.9 Å². The number of carbonyl (C=O) groups is 2. The number of allylic oxidation sites excluding steroid dienone is 3. The van der Waals surface area contributed by atoms with E-state index in [-0.39, 0.29) is 36.5 Å². The molecule has 0 radical (unpaired) electrons. The van der Waals surface area contributed by atoms with Crippen LogP contribution in [-0.2, 0) is 31.2 Å². The van der Waals surface area contributed by atoms with Crippen molar-refractivity contribution in [1.82, 2.24) is 0 Å². The second kappa shape index (κ2) is 14.0. The van der Waals surface area contributed by atoms with E-state index in [1.165, 1.54) is 27.8 Å². The van der Waals surface area contributed by atoms with E-state index in [9.17, 15) is 19.8 Å². The molecule has 302 valence electrons. The normalized spacial score (nSPS) is 20.3. The molecule has 0 aromatic heterocycles. The first-order chi connectivity index (χ1) is 29.6. The first kappa shape index (κ1) is 37.0. The van der Waals surface area contributed by atoms with Crippen molar-refractivity contribution >= 4 is 11.9 Å². The largest absolute Gasteiger partial charge is 0.489 e. The number of aryl methyl sites for hydroxylation is 1. The van der Waals surface area contributed by atoms with Gasteiger partial charge in [0.1, 0.15) is 49.4 Å². The average molecular weight is 807 g/mol. The van der Waals surface area contributed by atoms with Gasteiger partial charge in [-0.05, 0) is 148 Å². The lowest BCUT2D eigenvalue weighted by molar-refractivity contribution is -0.133. The molecule has 0 fully saturated rings. The highest BCUT2D eigenvalue weighted by Crippen LogP contribution is 2.57. The number of benzene rings is 6. The molecule has 20 bridgehead atoms. The molecule has 8 heteroatoms. The van der Waals surface area contributed by atoms with Gasteiger partial charge in [-0.25, -0.2) is 9.59 Å². The Labute approximate surface area is 353 Å². The van der Waals surface area contributed by atoms with Gasteiger partial charge in [0.25, 0.3) is 0 Å². The van der Waals surface area contributed by atoms with E-state index in [1.807, 2.05) is 49.4 Å². The van der Waals surface area contributed by atoms with Gasteiger partial charge in [0.2, 0.25) is 0 Å². The molecule has 16 aliphatic heterocycles. The van der Waals surface area contributed by atoms with Crippen LogP contribution >= 0.6 is 0 Å². The maximum Gasteiger partial charge on any atom is 0.336 e. The van der Waals surface area contributed by atoms with Crippen LogP contribution in [-0.4, -0.2) is 22.2 Å². The van der Waals surface area contributed by atoms with Crippen molar-refractivity contribution in [3.8, 4) is 23.0 Å². The Morgan fingerprint density at radius 3 is 1.57 bits per heavy atom. The van der Waals surface area contributed by atoms with Gasteiger partial charge in [0, 0.05) is 34.8 Å². The number of ether oxygens (including phenoxy) is 4. The van der Waals surface area contributed by atoms with E-state index < -0.39 is 17.9 Å². The molecular formula is C53H42O8. The van der Waals surface area contributed by atoms with Crippen LogP contribution in [0.2, 0.25) is 0 Å². The molecule has 6 aliphatic carbocycles. The molecular weight excluding hydrogens is 765 g/mol. The van der Waals surface area contributed by atoms with E-state index in [2.05, 4.69) is 74.5 Å². The summed E-state index contributed by atoms with van der Waals surface area (Å²) >= 11 is 0. The highest BCUT2D eigenvalue weighted by Gasteiger charge is 2.44. The fraction of sp³-hybridized carbons (Fsp3) is 0.208. The number of hydrogen-bond donors (Lipinski definition) is 2. The monoisotopic (exact) mass is 806 g/mol. The Bertz CT molecular complexity index is 2950. The highest BCUT2D eigenvalue weighted by molar-refractivity contribution is 5.94. The zero-order valence-corrected chi connectivity index (χ0v) is 34.0. The third-order valence-electron chi connectivity index (χ3n) is 13.4. The summed E-state index contributed by atoms with van der Waals surface area (Å²) < 4.78 is 25.4. The summed E-state index contributed by atoms with van der Waals surface area (Å²) in [6.07, 6.45) is 2.35. The average Bonchev–Trinajstić information content (AvgIpc) is 3.26. The molecule has 28 rings (SSSR count). The van der Waals surface area contributed by atoms with E-state index >= 15 is 0 Å². The zero-order chi connectivity index (χ0) is 41.7. The van der Waals surface area contributed by atoms with Crippen LogP contribution in [0.25, 0.3) is 0 Å². The van der Waals surface area contributed by atoms with Crippen molar-refractivity contribution in [3.63, 3.8) is 0 Å². The second-order valence-corrected chi connectivity index (χ2v) is 17.0. The van der Waals surface area contributed by atoms with Crippen LogP contribution in [0, 0.1) is 6.92 Å². The standard InChI is InChI=1S/C53H42O8/c1-27-16-30-4-6-32(27)25-60-36-8-12-38-43-17-28(2)48(45(38)20-36)39-13-9-34(19-44(39)43)59-24-31-5-7-33(42(18-31)52(54)55)26-61-37-10-14-40-47(22-37)51-41-15-11-35(58-23-30)21-46(41)49(40)29(3)50(51)53(56)57/h4-22,43,48-49,51H,23-26H2,1-3H3,(H,54,55)(H,56,57)/t43-,48?,49-,51?/m0/s1. The van der Waals surface area contributed by atoms with Gasteiger partial charge < -0.3 is 29.2 Å². The molecule has 6 aromatic carbocycles. The van der Waals surface area contributed by atoms with Gasteiger partial charge in [-0.1, -0.05) is 66.2 Å². The third kappa shape index (κ3) is 6.03. The molecule has 4 atom stereocenters. The van der Waals surface area contributed by atoms with E-state index in [0.717, 1.165) is 67.3 Å². The maximum absolute atomic E-state index is 12.8. The van der Waals surface area contributed by atoms with Gasteiger partial charge >= 0.3 is 11.9 Å². The number of rotatable bonds is 2. The topological polar surface area (TPSA) is 112 Å². The molecule has 0 saturated heterocycles. The van der Waals surface area contributed by atoms with Crippen LogP contribution in [0.1, 0.15) is 120 Å². The Morgan fingerprint density at radius 2 is 0.967 bits per heavy atom. The first-order valence-corrected chi connectivity index (χ1v) is 20.7. The summed E-state index contributed by atoms with van der Waals surface area (Å²) in [5, 5.41) is 20.8. The summed E-state index contributed by atoms with van der Waals surface area (Å²) in [4.78, 5) is 25.4. The third-order valence-corrected chi connectivity index (χ3v) is 13.4. The lowest BCUT2D eigenvalue weighted by Gasteiger charge is -2.41. The molecule has 0 saturated carbocycles. The van der Waals surface area contributed by atoms with Crippen LogP contribution in [0.15, 0.2) is 132 Å². The SMILES string of the molecule is CC1=C[C@H]2c3ccc4cc3C1c1ccc(cc12)OCc1ccc(c(C(=O)O)c1)COc1ccc2c(c1)C1C(C(=O)O)=C(C)[C@@H]2c2cc(ccc21)OCc1ccc(c(C)c1)CO4. The number of carboxylic acids is 2. The number of aliphatic carboxylic acids is 1. The molecule has 22 aliphatic rings. The van der Waals surface area contributed by atoms with Crippen molar-refractivity contribution in [3.05, 3.63) is 210 Å². The van der Waals surface area contributed by atoms with E-state index in [4.69, 9.17) is 18.9 Å². The zero-order valence-electron chi connectivity index (χ0n) is 34.0. The van der Waals surface area contributed by atoms with E-state index in [1.54, 1.807) is 12.1 Å². The Hall–Kier alpha value is -7.06. The van der Waals surface area contributed by atoms with Crippen molar-refractivity contribution in [2.75, 3.05) is 0 Å². The molecule has 16 heterocycles. The summed E-state index contributed by atoms with van der Waals surface area (Å²) in [6, 6.07) is 36.2. The molecule has 0 amide bonds. The second-order valence-electron chi connectivity index (χ2n) is 17.0. The lowest BCUT2D eigenvalue weighted by Crippen LogP contribution is -2.30. The van der Waals surface area contributed by atoms with Crippen molar-refractivity contribution in [2.24, 2.45) is 0 Å². The minimum Gasteiger partial charge on any atom is -0.489 e. The fourth-order valence-corrected chi connectivity index (χ4v) is 10.5. The number of carboxylic acid groups (broad SMARTS) is 2. The van der Waals surface area contributed by atoms with Gasteiger partial charge in [0.15, 0.2) is 0 Å². The quantitative estimate of drug-likeness (QED) is 0.166. The van der Waals surface area contributed by atoms with E-state index in [0.29, 0.717) is 30.1 Å². The lowest BCUT2D eigenvalue weighted by atomic mass is 9.61. The number of aromatic carboxylic acids is 1. The minimum atomic E-state index is -1.06. The van der Waals surface area contributed by atoms with Crippen molar-refractivity contribution < 1.29 is 38.7 Å². The molecule has 8 nitrogen and oxygen atoms in total. The predicted molar refractivity (Wildman–Crippen MR) is 229 cm³/mol. The molecule has 6 aromatic rings. The number of hydrogen-bond acceptors (Lipinski definition) is 6. The molecule has 2 N–H and O–H groups in total. The smallest absolute Gasteiger partial charge is 0.336 e. The molecule has 0 spiro atoms. The van der Waals surface area contributed by atoms with Gasteiger partial charge in [-0.2, -0.15) is 0 Å². The summed E-state index contributed by atoms with van der Waals surface area (Å²) in [5.74, 6) is 0.276. The summed E-state index contributed by atoms with van der Waals surface area (Å²) in [5.41, 5.74) is 16.1. The Balaban J connectivity index is 0.955. The van der Waals surface area contributed by atoms with Crippen molar-refractivity contribution in [1.29, 1.82) is 0 Å². The fourth-order valence-electron chi connectivity index (χ4n) is 10.5. The molecule has 2 unspecified atom stereocenters. The predicted octanol–water partition coefficient (Wildman–Crippen LogP) is 10.9.